The zero-order chi connectivity index (χ0) is 17.5. The second kappa shape index (κ2) is 8.69. The van der Waals surface area contributed by atoms with Crippen molar-refractivity contribution in [1.82, 2.24) is 15.2 Å². The first-order valence-corrected chi connectivity index (χ1v) is 8.49. The Morgan fingerprint density at radius 1 is 1.20 bits per heavy atom. The summed E-state index contributed by atoms with van der Waals surface area (Å²) in [6.07, 6.45) is 1.62. The Balaban J connectivity index is 1.64. The lowest BCUT2D eigenvalue weighted by atomic mass is 10.0. The molecule has 0 bridgehead atoms. The van der Waals surface area contributed by atoms with Gasteiger partial charge in [0.15, 0.2) is 0 Å². The molecule has 2 heterocycles. The van der Waals surface area contributed by atoms with E-state index < -0.39 is 0 Å². The number of aromatic nitrogens is 1. The van der Waals surface area contributed by atoms with Gasteiger partial charge in [-0.1, -0.05) is 30.3 Å². The topological polar surface area (TPSA) is 54.5 Å². The monoisotopic (exact) mass is 343 g/mol. The van der Waals surface area contributed by atoms with Crippen molar-refractivity contribution in [3.05, 3.63) is 65.7 Å². The van der Waals surface area contributed by atoms with Crippen molar-refractivity contribution in [2.24, 2.45) is 0 Å². The first kappa shape index (κ1) is 17.5. The van der Waals surface area contributed by atoms with Crippen molar-refractivity contribution in [3.63, 3.8) is 0 Å². The van der Waals surface area contributed by atoms with Gasteiger partial charge in [-0.25, -0.2) is 4.39 Å². The summed E-state index contributed by atoms with van der Waals surface area (Å²) in [7, 11) is 0. The molecule has 0 aliphatic carbocycles. The van der Waals surface area contributed by atoms with E-state index in [2.05, 4.69) is 10.3 Å². The van der Waals surface area contributed by atoms with Gasteiger partial charge in [0.05, 0.1) is 31.1 Å². The van der Waals surface area contributed by atoms with Crippen LogP contribution in [0.25, 0.3) is 0 Å². The van der Waals surface area contributed by atoms with Crippen LogP contribution in [-0.4, -0.2) is 48.6 Å². The van der Waals surface area contributed by atoms with Gasteiger partial charge in [0.1, 0.15) is 5.82 Å². The highest BCUT2D eigenvalue weighted by molar-refractivity contribution is 5.76. The normalized spacial score (nSPS) is 15.8. The van der Waals surface area contributed by atoms with Crippen molar-refractivity contribution in [2.45, 2.75) is 12.5 Å². The van der Waals surface area contributed by atoms with Gasteiger partial charge >= 0.3 is 0 Å². The quantitative estimate of drug-likeness (QED) is 0.873. The molecule has 1 aromatic heterocycles. The number of hydrogen-bond donors (Lipinski definition) is 1. The number of nitrogens with one attached hydrogen (secondary N) is 1. The number of pyridine rings is 1. The highest BCUT2D eigenvalue weighted by Crippen LogP contribution is 2.20. The predicted octanol–water partition coefficient (Wildman–Crippen LogP) is 2.15. The number of hydrogen-bond acceptors (Lipinski definition) is 4. The van der Waals surface area contributed by atoms with E-state index in [1.165, 1.54) is 12.3 Å². The summed E-state index contributed by atoms with van der Waals surface area (Å²) >= 11 is 0. The van der Waals surface area contributed by atoms with Gasteiger partial charge in [0.25, 0.3) is 0 Å². The number of morpholine rings is 1. The molecule has 0 unspecified atom stereocenters. The maximum Gasteiger partial charge on any atom is 0.224 e. The standard InChI is InChI=1S/C19H22FN3O2/c20-16-6-7-17(22-14-16)19(15-4-2-1-3-5-15)21-9-8-18(24)23-10-12-25-13-11-23/h1-7,14,19,21H,8-13H2/t19-/m1/s1. The van der Waals surface area contributed by atoms with Gasteiger partial charge in [-0.3, -0.25) is 9.78 Å². The van der Waals surface area contributed by atoms with Gasteiger partial charge in [-0.15, -0.1) is 0 Å². The molecule has 1 fully saturated rings. The molecule has 1 aliphatic rings. The van der Waals surface area contributed by atoms with Crippen LogP contribution < -0.4 is 5.32 Å². The summed E-state index contributed by atoms with van der Waals surface area (Å²) in [4.78, 5) is 18.3. The van der Waals surface area contributed by atoms with Crippen LogP contribution in [0.1, 0.15) is 23.7 Å². The SMILES string of the molecule is O=C(CCN[C@H](c1ccccc1)c1ccc(F)cn1)N1CCOCC1. The Hall–Kier alpha value is -2.31. The first-order chi connectivity index (χ1) is 12.2. The van der Waals surface area contributed by atoms with Crippen LogP contribution in [0.4, 0.5) is 4.39 Å². The smallest absolute Gasteiger partial charge is 0.224 e. The summed E-state index contributed by atoms with van der Waals surface area (Å²) in [5.41, 5.74) is 1.76. The minimum Gasteiger partial charge on any atom is -0.378 e. The highest BCUT2D eigenvalue weighted by atomic mass is 19.1. The minimum absolute atomic E-state index is 0.120. The number of benzene rings is 1. The Morgan fingerprint density at radius 2 is 1.96 bits per heavy atom. The molecule has 5 nitrogen and oxygen atoms in total. The minimum atomic E-state index is -0.363. The first-order valence-electron chi connectivity index (χ1n) is 8.49. The number of ether oxygens (including phenoxy) is 1. The maximum atomic E-state index is 13.2. The third kappa shape index (κ3) is 4.84. The van der Waals surface area contributed by atoms with Gasteiger partial charge in [-0.2, -0.15) is 0 Å². The second-order valence-electron chi connectivity index (χ2n) is 5.94. The number of rotatable bonds is 6. The molecule has 25 heavy (non-hydrogen) atoms. The van der Waals surface area contributed by atoms with Crippen molar-refractivity contribution >= 4 is 5.91 Å². The summed E-state index contributed by atoms with van der Waals surface area (Å²) in [6.45, 7) is 3.03. The van der Waals surface area contributed by atoms with E-state index in [1.54, 1.807) is 6.07 Å². The van der Waals surface area contributed by atoms with Gasteiger partial charge in [0.2, 0.25) is 5.91 Å². The molecule has 2 aromatic rings. The molecule has 132 valence electrons. The highest BCUT2D eigenvalue weighted by Gasteiger charge is 2.19. The Bertz CT molecular complexity index is 673. The lowest BCUT2D eigenvalue weighted by molar-refractivity contribution is -0.135. The molecule has 1 aliphatic heterocycles. The fourth-order valence-corrected chi connectivity index (χ4v) is 2.89. The van der Waals surface area contributed by atoms with E-state index in [1.807, 2.05) is 35.2 Å². The van der Waals surface area contributed by atoms with Crippen LogP contribution >= 0.6 is 0 Å². The lowest BCUT2D eigenvalue weighted by Gasteiger charge is -2.27. The summed E-state index contributed by atoms with van der Waals surface area (Å²) in [6, 6.07) is 12.7. The van der Waals surface area contributed by atoms with Gasteiger partial charge in [-0.05, 0) is 17.7 Å². The third-order valence-corrected chi connectivity index (χ3v) is 4.23. The van der Waals surface area contributed by atoms with Crippen LogP contribution in [-0.2, 0) is 9.53 Å². The van der Waals surface area contributed by atoms with E-state index in [4.69, 9.17) is 4.74 Å². The molecule has 1 atom stereocenters. The van der Waals surface area contributed by atoms with Crippen LogP contribution in [0.3, 0.4) is 0 Å². The van der Waals surface area contributed by atoms with Crippen molar-refractivity contribution in [2.75, 3.05) is 32.8 Å². The molecule has 1 saturated heterocycles. The molecule has 1 aromatic carbocycles. The molecule has 1 N–H and O–H groups in total. The van der Waals surface area contributed by atoms with Crippen LogP contribution in [0.5, 0.6) is 0 Å². The second-order valence-corrected chi connectivity index (χ2v) is 5.94. The van der Waals surface area contributed by atoms with Gasteiger partial charge in [0, 0.05) is 26.1 Å². The fraction of sp³-hybridized carbons (Fsp3) is 0.368. The number of nitrogens with zero attached hydrogens (tertiary/aromatic N) is 2. The molecule has 0 saturated carbocycles. The average molecular weight is 343 g/mol. The van der Waals surface area contributed by atoms with Crippen molar-refractivity contribution < 1.29 is 13.9 Å². The van der Waals surface area contributed by atoms with Crippen molar-refractivity contribution in [3.8, 4) is 0 Å². The molecule has 0 radical (unpaired) electrons. The predicted molar refractivity (Wildman–Crippen MR) is 92.5 cm³/mol. The molecule has 3 rings (SSSR count). The van der Waals surface area contributed by atoms with Crippen molar-refractivity contribution in [1.29, 1.82) is 0 Å². The summed E-state index contributed by atoms with van der Waals surface area (Å²) in [5.74, 6) is -0.243. The third-order valence-electron chi connectivity index (χ3n) is 4.23. The van der Waals surface area contributed by atoms with E-state index in [0.717, 1.165) is 11.3 Å². The number of halogens is 1. The van der Waals surface area contributed by atoms with E-state index in [-0.39, 0.29) is 17.8 Å². The average Bonchev–Trinajstić information content (AvgIpc) is 2.67. The summed E-state index contributed by atoms with van der Waals surface area (Å²) < 4.78 is 18.4. The zero-order valence-corrected chi connectivity index (χ0v) is 14.0. The Kier molecular flexibility index (Phi) is 6.09. The van der Waals surface area contributed by atoms with E-state index >= 15 is 0 Å². The fourth-order valence-electron chi connectivity index (χ4n) is 2.89. The van der Waals surface area contributed by atoms with Crippen LogP contribution in [0, 0.1) is 5.82 Å². The van der Waals surface area contributed by atoms with E-state index in [9.17, 15) is 9.18 Å². The molecular formula is C19H22FN3O2. The van der Waals surface area contributed by atoms with Gasteiger partial charge < -0.3 is 15.0 Å². The Morgan fingerprint density at radius 3 is 2.64 bits per heavy atom. The number of carbonyl (C=O) groups excluding carboxylic acids is 1. The molecule has 6 heteroatoms. The maximum absolute atomic E-state index is 13.2. The summed E-state index contributed by atoms with van der Waals surface area (Å²) in [5, 5.41) is 3.38. The molecule has 1 amide bonds. The largest absolute Gasteiger partial charge is 0.378 e. The van der Waals surface area contributed by atoms with Crippen LogP contribution in [0.15, 0.2) is 48.7 Å². The zero-order valence-electron chi connectivity index (χ0n) is 14.0. The Labute approximate surface area is 146 Å². The number of amides is 1. The molecule has 0 spiro atoms. The van der Waals surface area contributed by atoms with Crippen LogP contribution in [0.2, 0.25) is 0 Å². The van der Waals surface area contributed by atoms with E-state index in [0.29, 0.717) is 39.3 Å². The molecular weight excluding hydrogens is 321 g/mol. The lowest BCUT2D eigenvalue weighted by Crippen LogP contribution is -2.41. The number of carbonyl (C=O) groups is 1.